The maximum Gasteiger partial charge on any atom is 0.328 e. The fourth-order valence-corrected chi connectivity index (χ4v) is 7.81. The Balaban J connectivity index is 1.18. The quantitative estimate of drug-likeness (QED) is 0.185. The Morgan fingerprint density at radius 3 is 1.80 bits per heavy atom. The second-order valence-electron chi connectivity index (χ2n) is 14.0. The molecule has 0 amide bonds. The van der Waals surface area contributed by atoms with Gasteiger partial charge in [-0.25, -0.2) is 14.8 Å². The van der Waals surface area contributed by atoms with Crippen LogP contribution < -0.4 is 5.69 Å². The van der Waals surface area contributed by atoms with Gasteiger partial charge in [-0.2, -0.15) is 0 Å². The zero-order chi connectivity index (χ0) is 34.9. The Labute approximate surface area is 297 Å². The summed E-state index contributed by atoms with van der Waals surface area (Å²) in [6, 6.07) is 51.2. The first kappa shape index (κ1) is 30.7. The Kier molecular flexibility index (Phi) is 7.01. The average molecular weight is 661 g/mol. The van der Waals surface area contributed by atoms with Crippen LogP contribution in [0.2, 0.25) is 0 Å². The van der Waals surface area contributed by atoms with E-state index in [9.17, 15) is 4.79 Å². The molecule has 8 aromatic rings. The summed E-state index contributed by atoms with van der Waals surface area (Å²) in [6.07, 6.45) is 0. The maximum atomic E-state index is 12.6. The van der Waals surface area contributed by atoms with Gasteiger partial charge in [-0.1, -0.05) is 129 Å². The van der Waals surface area contributed by atoms with Gasteiger partial charge in [0, 0.05) is 36.2 Å². The molecule has 246 valence electrons. The first-order chi connectivity index (χ1) is 24.8. The van der Waals surface area contributed by atoms with Gasteiger partial charge < -0.3 is 0 Å². The van der Waals surface area contributed by atoms with Gasteiger partial charge in [-0.3, -0.25) is 9.13 Å². The summed E-state index contributed by atoms with van der Waals surface area (Å²) in [4.78, 5) is 22.9. The number of nitrogens with zero attached hydrogens (tertiary/aromatic N) is 4. The highest BCUT2D eigenvalue weighted by atomic mass is 16.1. The predicted molar refractivity (Wildman–Crippen MR) is 208 cm³/mol. The second kappa shape index (κ2) is 11.6. The fraction of sp³-hybridized carbons (Fsp3) is 0.109. The smallest absolute Gasteiger partial charge is 0.295 e. The van der Waals surface area contributed by atoms with Crippen molar-refractivity contribution in [2.45, 2.75) is 19.3 Å². The van der Waals surface area contributed by atoms with E-state index in [0.29, 0.717) is 5.82 Å². The number of benzene rings is 6. The number of fused-ring (bicyclic) bond motifs is 4. The summed E-state index contributed by atoms with van der Waals surface area (Å²) in [5, 5.41) is 0. The van der Waals surface area contributed by atoms with Crippen LogP contribution in [0.5, 0.6) is 0 Å². The molecule has 51 heavy (non-hydrogen) atoms. The molecule has 1 aliphatic rings. The summed E-state index contributed by atoms with van der Waals surface area (Å²) < 4.78 is 3.38. The minimum atomic E-state index is -0.179. The molecule has 0 saturated carbocycles. The molecule has 1 aliphatic carbocycles. The molecule has 0 N–H and O–H groups in total. The summed E-state index contributed by atoms with van der Waals surface area (Å²) in [5.41, 5.74) is 16.2. The van der Waals surface area contributed by atoms with E-state index in [1.54, 1.807) is 9.13 Å². The molecule has 0 bridgehead atoms. The van der Waals surface area contributed by atoms with Crippen LogP contribution in [0.1, 0.15) is 25.0 Å². The van der Waals surface area contributed by atoms with Gasteiger partial charge in [-0.05, 0) is 74.8 Å². The van der Waals surface area contributed by atoms with Crippen LogP contribution in [0.4, 0.5) is 0 Å². The number of rotatable bonds is 5. The minimum absolute atomic E-state index is 0.0340. The van der Waals surface area contributed by atoms with Crippen LogP contribution >= 0.6 is 0 Å². The monoisotopic (exact) mass is 660 g/mol. The van der Waals surface area contributed by atoms with E-state index < -0.39 is 0 Å². The lowest BCUT2D eigenvalue weighted by Crippen LogP contribution is -2.19. The van der Waals surface area contributed by atoms with Gasteiger partial charge in [0.15, 0.2) is 5.82 Å². The lowest BCUT2D eigenvalue weighted by Gasteiger charge is -2.22. The van der Waals surface area contributed by atoms with Crippen LogP contribution in [0, 0.1) is 0 Å². The van der Waals surface area contributed by atoms with Crippen molar-refractivity contribution in [3.63, 3.8) is 0 Å². The molecule has 0 fully saturated rings. The number of hydrogen-bond acceptors (Lipinski definition) is 3. The Bertz CT molecular complexity index is 2700. The van der Waals surface area contributed by atoms with Crippen molar-refractivity contribution < 1.29 is 0 Å². The Hall–Kier alpha value is -6.33. The summed E-state index contributed by atoms with van der Waals surface area (Å²) >= 11 is 0. The van der Waals surface area contributed by atoms with Crippen LogP contribution in [0.25, 0.3) is 78.3 Å². The van der Waals surface area contributed by atoms with E-state index in [1.807, 2.05) is 38.4 Å². The molecule has 6 aromatic carbocycles. The van der Waals surface area contributed by atoms with E-state index in [-0.39, 0.29) is 11.1 Å². The first-order valence-corrected chi connectivity index (χ1v) is 17.3. The van der Waals surface area contributed by atoms with Crippen molar-refractivity contribution >= 4 is 11.0 Å². The van der Waals surface area contributed by atoms with Gasteiger partial charge in [0.25, 0.3) is 0 Å². The van der Waals surface area contributed by atoms with Gasteiger partial charge in [0.1, 0.15) is 0 Å². The topological polar surface area (TPSA) is 52.7 Å². The van der Waals surface area contributed by atoms with Gasteiger partial charge in [-0.15, -0.1) is 0 Å². The predicted octanol–water partition coefficient (Wildman–Crippen LogP) is 10.3. The molecule has 0 unspecified atom stereocenters. The minimum Gasteiger partial charge on any atom is -0.295 e. The summed E-state index contributed by atoms with van der Waals surface area (Å²) in [6.45, 7) is 4.65. The lowest BCUT2D eigenvalue weighted by atomic mass is 9.81. The first-order valence-electron chi connectivity index (χ1n) is 17.3. The van der Waals surface area contributed by atoms with Gasteiger partial charge in [0.2, 0.25) is 0 Å². The highest BCUT2D eigenvalue weighted by Crippen LogP contribution is 2.52. The number of aromatic nitrogens is 4. The van der Waals surface area contributed by atoms with Crippen molar-refractivity contribution in [3.8, 4) is 67.3 Å². The van der Waals surface area contributed by atoms with E-state index in [0.717, 1.165) is 50.2 Å². The molecule has 2 heterocycles. The van der Waals surface area contributed by atoms with Crippen molar-refractivity contribution in [2.24, 2.45) is 14.1 Å². The van der Waals surface area contributed by atoms with Crippen molar-refractivity contribution in [3.05, 3.63) is 167 Å². The van der Waals surface area contributed by atoms with E-state index >= 15 is 0 Å². The lowest BCUT2D eigenvalue weighted by molar-refractivity contribution is 0.660. The van der Waals surface area contributed by atoms with Crippen LogP contribution in [0.3, 0.4) is 0 Å². The van der Waals surface area contributed by atoms with Crippen molar-refractivity contribution in [1.82, 2.24) is 19.1 Å². The number of imidazole rings is 1. The second-order valence-corrected chi connectivity index (χ2v) is 14.0. The standard InChI is InChI=1S/C46H36N4O/c1-46(2)37-20-12-19-35(29-13-7-5-8-14-29)43(37)36-23-21-34(26-38(36)46)40-28-39(47-44(48-40)30-15-9-6-10-16-30)33-18-11-17-31(25-33)32-22-24-41-42(27-32)50(4)45(51)49(41)3/h5-28H,1-4H3. The molecule has 0 spiro atoms. The third-order valence-electron chi connectivity index (χ3n) is 10.6. The molecule has 0 aliphatic heterocycles. The zero-order valence-corrected chi connectivity index (χ0v) is 29.1. The Morgan fingerprint density at radius 2 is 1.06 bits per heavy atom. The molecular weight excluding hydrogens is 625 g/mol. The highest BCUT2D eigenvalue weighted by molar-refractivity contribution is 5.93. The Morgan fingerprint density at radius 1 is 0.471 bits per heavy atom. The molecule has 9 rings (SSSR count). The van der Waals surface area contributed by atoms with Gasteiger partial charge >= 0.3 is 5.69 Å². The molecule has 0 saturated heterocycles. The van der Waals surface area contributed by atoms with Crippen molar-refractivity contribution in [2.75, 3.05) is 0 Å². The van der Waals surface area contributed by atoms with E-state index in [4.69, 9.17) is 9.97 Å². The van der Waals surface area contributed by atoms with Crippen LogP contribution in [-0.2, 0) is 19.5 Å². The van der Waals surface area contributed by atoms with Gasteiger partial charge in [0.05, 0.1) is 22.4 Å². The maximum absolute atomic E-state index is 12.6. The zero-order valence-electron chi connectivity index (χ0n) is 29.1. The van der Waals surface area contributed by atoms with Crippen molar-refractivity contribution in [1.29, 1.82) is 0 Å². The van der Waals surface area contributed by atoms with E-state index in [1.165, 1.54) is 33.4 Å². The third kappa shape index (κ3) is 4.96. The molecule has 0 atom stereocenters. The average Bonchev–Trinajstić information content (AvgIpc) is 3.55. The van der Waals surface area contributed by atoms with E-state index in [2.05, 4.69) is 135 Å². The van der Waals surface area contributed by atoms with Crippen LogP contribution in [-0.4, -0.2) is 19.1 Å². The molecular formula is C46H36N4O. The number of aryl methyl sites for hydroxylation is 2. The highest BCUT2D eigenvalue weighted by Gasteiger charge is 2.37. The fourth-order valence-electron chi connectivity index (χ4n) is 7.81. The molecule has 0 radical (unpaired) electrons. The molecule has 5 heteroatoms. The molecule has 5 nitrogen and oxygen atoms in total. The van der Waals surface area contributed by atoms with Crippen LogP contribution in [0.15, 0.2) is 150 Å². The SMILES string of the molecule is Cn1c(=O)n(C)c2cc(-c3cccc(-c4cc(-c5ccc6c(c5)C(C)(C)c5cccc(-c7ccccc7)c5-6)nc(-c5ccccc5)n4)c3)ccc21. The summed E-state index contributed by atoms with van der Waals surface area (Å²) in [5.74, 6) is 0.684. The third-order valence-corrected chi connectivity index (χ3v) is 10.6. The molecule has 2 aromatic heterocycles. The largest absolute Gasteiger partial charge is 0.328 e. The summed E-state index contributed by atoms with van der Waals surface area (Å²) in [7, 11) is 3.63. The normalized spacial score (nSPS) is 12.9. The number of hydrogen-bond donors (Lipinski definition) is 0.